The molecule has 2 fully saturated rings. The molecule has 252 valence electrons. The quantitative estimate of drug-likeness (QED) is 0.337. The van der Waals surface area contributed by atoms with Crippen molar-refractivity contribution in [1.82, 2.24) is 20.4 Å². The maximum absolute atomic E-state index is 15.6. The fourth-order valence-corrected chi connectivity index (χ4v) is 6.18. The Hall–Kier alpha value is -4.44. The Labute approximate surface area is 272 Å². The van der Waals surface area contributed by atoms with E-state index in [9.17, 15) is 19.2 Å². The van der Waals surface area contributed by atoms with Gasteiger partial charge in [0.05, 0.1) is 23.2 Å². The Balaban J connectivity index is 1.56. The molecular weight excluding hydrogens is 613 g/mol. The van der Waals surface area contributed by atoms with Crippen molar-refractivity contribution in [2.75, 3.05) is 38.5 Å². The van der Waals surface area contributed by atoms with Crippen LogP contribution in [0.15, 0.2) is 42.5 Å². The van der Waals surface area contributed by atoms with Crippen LogP contribution >= 0.6 is 0 Å². The topological polar surface area (TPSA) is 135 Å². The van der Waals surface area contributed by atoms with Gasteiger partial charge in [-0.05, 0) is 62.6 Å². The van der Waals surface area contributed by atoms with Crippen molar-refractivity contribution in [2.24, 2.45) is 5.92 Å². The zero-order valence-electron chi connectivity index (χ0n) is 26.8. The molecule has 0 aromatic heterocycles. The highest BCUT2D eigenvalue weighted by Gasteiger charge is 2.44. The van der Waals surface area contributed by atoms with Crippen LogP contribution in [0, 0.1) is 23.1 Å². The number of benzene rings is 2. The average molecular weight is 655 g/mol. The van der Waals surface area contributed by atoms with Crippen LogP contribution in [-0.2, 0) is 25.1 Å². The summed E-state index contributed by atoms with van der Waals surface area (Å²) in [5.74, 6) is -9.33. The highest BCUT2D eigenvalue weighted by molar-refractivity contribution is 5.98. The molecule has 0 bridgehead atoms. The number of anilines is 1. The van der Waals surface area contributed by atoms with E-state index >= 15 is 13.2 Å². The van der Waals surface area contributed by atoms with Crippen LogP contribution in [-0.4, -0.2) is 78.7 Å². The normalized spacial score (nSPS) is 17.7. The lowest BCUT2D eigenvalue weighted by Crippen LogP contribution is -2.52. The molecule has 3 atom stereocenters. The van der Waals surface area contributed by atoms with Crippen molar-refractivity contribution < 1.29 is 32.3 Å². The van der Waals surface area contributed by atoms with Gasteiger partial charge in [0.15, 0.2) is 0 Å². The summed E-state index contributed by atoms with van der Waals surface area (Å²) in [6.07, 6.45) is 2.70. The van der Waals surface area contributed by atoms with Crippen LogP contribution in [0.4, 0.5) is 18.9 Å². The summed E-state index contributed by atoms with van der Waals surface area (Å²) in [7, 11) is 1.95. The lowest BCUT2D eigenvalue weighted by atomic mass is 9.90. The molecule has 0 unspecified atom stereocenters. The van der Waals surface area contributed by atoms with Crippen LogP contribution in [0.5, 0.6) is 0 Å². The molecule has 2 aromatic rings. The van der Waals surface area contributed by atoms with Gasteiger partial charge < -0.3 is 25.8 Å². The van der Waals surface area contributed by atoms with Crippen LogP contribution in [0.1, 0.15) is 68.6 Å². The molecular formula is C34H41F3N6O4. The first kappa shape index (κ1) is 35.4. The van der Waals surface area contributed by atoms with Crippen molar-refractivity contribution in [3.8, 4) is 6.07 Å². The summed E-state index contributed by atoms with van der Waals surface area (Å²) < 4.78 is 46.0. The molecule has 10 nitrogen and oxygen atoms in total. The minimum absolute atomic E-state index is 0.0476. The number of hydrogen-bond acceptors (Lipinski definition) is 6. The number of likely N-dealkylation sites (N-methyl/N-ethyl adjacent to an activating group) is 1. The molecule has 1 heterocycles. The highest BCUT2D eigenvalue weighted by Crippen LogP contribution is 2.33. The fraction of sp³-hybridized carbons (Fsp3) is 0.500. The second-order valence-electron chi connectivity index (χ2n) is 12.3. The zero-order valence-corrected chi connectivity index (χ0v) is 26.8. The van der Waals surface area contributed by atoms with Crippen molar-refractivity contribution in [1.29, 1.82) is 5.26 Å². The Bertz CT molecular complexity index is 1520. The van der Waals surface area contributed by atoms with E-state index in [0.29, 0.717) is 44.6 Å². The lowest BCUT2D eigenvalue weighted by Gasteiger charge is -2.36. The first-order chi connectivity index (χ1) is 22.3. The van der Waals surface area contributed by atoms with Gasteiger partial charge in [-0.15, -0.1) is 0 Å². The number of hydrogen-bond donors (Lipinski definition) is 3. The monoisotopic (exact) mass is 654 g/mol. The number of piperazine rings is 1. The predicted octanol–water partition coefficient (Wildman–Crippen LogP) is 3.88. The van der Waals surface area contributed by atoms with Crippen molar-refractivity contribution in [2.45, 2.75) is 69.9 Å². The number of carbonyl (C=O) groups excluding carboxylic acids is 4. The van der Waals surface area contributed by atoms with E-state index in [1.807, 2.05) is 7.05 Å². The van der Waals surface area contributed by atoms with Gasteiger partial charge in [0, 0.05) is 44.2 Å². The van der Waals surface area contributed by atoms with E-state index in [2.05, 4.69) is 20.9 Å². The molecule has 3 N–H and O–H groups in total. The molecule has 4 amide bonds. The lowest BCUT2D eigenvalue weighted by molar-refractivity contribution is -0.149. The second-order valence-corrected chi connectivity index (χ2v) is 12.3. The third-order valence-electron chi connectivity index (χ3n) is 8.98. The maximum Gasteiger partial charge on any atom is 0.349 e. The van der Waals surface area contributed by atoms with Gasteiger partial charge in [-0.25, -0.2) is 4.39 Å². The number of carbonyl (C=O) groups is 4. The molecule has 0 spiro atoms. The van der Waals surface area contributed by atoms with Crippen molar-refractivity contribution >= 4 is 29.3 Å². The van der Waals surface area contributed by atoms with Crippen molar-refractivity contribution in [3.63, 3.8) is 0 Å². The van der Waals surface area contributed by atoms with Gasteiger partial charge >= 0.3 is 5.92 Å². The number of nitriles is 1. The molecule has 47 heavy (non-hydrogen) atoms. The molecule has 0 radical (unpaired) electrons. The number of rotatable bonds is 11. The van der Waals surface area contributed by atoms with Gasteiger partial charge in [0.2, 0.25) is 17.7 Å². The third-order valence-corrected chi connectivity index (χ3v) is 8.98. The number of amides is 4. The van der Waals surface area contributed by atoms with Crippen LogP contribution in [0.25, 0.3) is 0 Å². The SMILES string of the molecule is CCC(=O)N[C@H](C)[C@@H](C(=O)N1CCN(C)CC1)c1ccc(NC(=O)[C@@H](NC(=O)C(F)(F)c2cccc(C#N)c2)C2CCCC2)c(F)c1. The molecule has 1 aliphatic heterocycles. The molecule has 2 aromatic carbocycles. The summed E-state index contributed by atoms with van der Waals surface area (Å²) in [5, 5.41) is 16.5. The fourth-order valence-electron chi connectivity index (χ4n) is 6.18. The van der Waals surface area contributed by atoms with Crippen LogP contribution < -0.4 is 16.0 Å². The summed E-state index contributed by atoms with van der Waals surface area (Å²) in [4.78, 5) is 56.0. The molecule has 1 saturated carbocycles. The average Bonchev–Trinajstić information content (AvgIpc) is 3.59. The maximum atomic E-state index is 15.6. The van der Waals surface area contributed by atoms with Gasteiger partial charge in [-0.2, -0.15) is 14.0 Å². The Kier molecular flexibility index (Phi) is 11.6. The largest absolute Gasteiger partial charge is 0.353 e. The highest BCUT2D eigenvalue weighted by atomic mass is 19.3. The first-order valence-electron chi connectivity index (χ1n) is 15.9. The number of nitrogens with one attached hydrogen (secondary N) is 3. The minimum Gasteiger partial charge on any atom is -0.353 e. The predicted molar refractivity (Wildman–Crippen MR) is 169 cm³/mol. The molecule has 2 aliphatic rings. The van der Waals surface area contributed by atoms with E-state index in [-0.39, 0.29) is 29.5 Å². The van der Waals surface area contributed by atoms with Crippen LogP contribution in [0.2, 0.25) is 0 Å². The van der Waals surface area contributed by atoms with E-state index in [1.54, 1.807) is 24.8 Å². The Morgan fingerprint density at radius 2 is 1.70 bits per heavy atom. The molecule has 13 heteroatoms. The van der Waals surface area contributed by atoms with E-state index < -0.39 is 53.0 Å². The van der Waals surface area contributed by atoms with Crippen LogP contribution in [0.3, 0.4) is 0 Å². The van der Waals surface area contributed by atoms with E-state index in [4.69, 9.17) is 5.26 Å². The number of halogens is 3. The zero-order chi connectivity index (χ0) is 34.3. The second kappa shape index (κ2) is 15.4. The Morgan fingerprint density at radius 3 is 2.32 bits per heavy atom. The summed E-state index contributed by atoms with van der Waals surface area (Å²) >= 11 is 0. The summed E-state index contributed by atoms with van der Waals surface area (Å²) in [6, 6.07) is 8.15. The third kappa shape index (κ3) is 8.48. The Morgan fingerprint density at radius 1 is 1.02 bits per heavy atom. The van der Waals surface area contributed by atoms with E-state index in [0.717, 1.165) is 31.0 Å². The minimum atomic E-state index is -4.04. The first-order valence-corrected chi connectivity index (χ1v) is 15.9. The van der Waals surface area contributed by atoms with Gasteiger partial charge in [-0.1, -0.05) is 38.0 Å². The number of alkyl halides is 2. The van der Waals surface area contributed by atoms with Gasteiger partial charge in [0.25, 0.3) is 5.91 Å². The standard InChI is InChI=1S/C34H41F3N6O4/c1-4-28(44)39-21(2)29(32(46)43-16-14-42(3)15-17-43)24-12-13-27(26(35)19-24)40-31(45)30(23-9-5-6-10-23)41-33(47)34(36,37)25-11-7-8-22(18-25)20-38/h7-8,11-13,18-19,21,23,29-30H,4-6,9-10,14-17H2,1-3H3,(H,39,44)(H,40,45)(H,41,47)/t21-,29-,30+/m1/s1. The van der Waals surface area contributed by atoms with Gasteiger partial charge in [0.1, 0.15) is 11.9 Å². The summed E-state index contributed by atoms with van der Waals surface area (Å²) in [6.45, 7) is 5.67. The number of nitrogens with zero attached hydrogens (tertiary/aromatic N) is 3. The molecule has 1 saturated heterocycles. The van der Waals surface area contributed by atoms with Gasteiger partial charge in [-0.3, -0.25) is 19.2 Å². The summed E-state index contributed by atoms with van der Waals surface area (Å²) in [5.41, 5.74) is -0.686. The van der Waals surface area contributed by atoms with Crippen molar-refractivity contribution in [3.05, 3.63) is 65.0 Å². The smallest absolute Gasteiger partial charge is 0.349 e. The molecule has 4 rings (SSSR count). The van der Waals surface area contributed by atoms with E-state index in [1.165, 1.54) is 24.3 Å². The molecule has 1 aliphatic carbocycles.